The second kappa shape index (κ2) is 5.07. The van der Waals surface area contributed by atoms with Gasteiger partial charge in [0.1, 0.15) is 0 Å². The minimum Gasteiger partial charge on any atom is -0.363 e. The van der Waals surface area contributed by atoms with Crippen molar-refractivity contribution in [2.45, 2.75) is 19.1 Å². The molecule has 2 heterocycles. The van der Waals surface area contributed by atoms with Crippen molar-refractivity contribution >= 4 is 5.91 Å². The fourth-order valence-corrected chi connectivity index (χ4v) is 2.14. The molecule has 1 aromatic heterocycles. The number of hydrogen-bond acceptors (Lipinski definition) is 4. The zero-order chi connectivity index (χ0) is 13.2. The van der Waals surface area contributed by atoms with Gasteiger partial charge in [0.15, 0.2) is 5.60 Å². The first-order chi connectivity index (χ1) is 8.51. The zero-order valence-electron chi connectivity index (χ0n) is 11.1. The first-order valence-corrected chi connectivity index (χ1v) is 6.09. The Morgan fingerprint density at radius 2 is 2.39 bits per heavy atom. The summed E-state index contributed by atoms with van der Waals surface area (Å²) in [6.45, 7) is 4.38. The van der Waals surface area contributed by atoms with E-state index in [2.05, 4.69) is 15.3 Å². The molecule has 1 aromatic rings. The molecular weight excluding hydrogens is 232 g/mol. The third kappa shape index (κ3) is 2.70. The number of carbonyl (C=O) groups excluding carboxylic acids is 1. The van der Waals surface area contributed by atoms with Crippen LogP contribution in [0, 0.1) is 0 Å². The van der Waals surface area contributed by atoms with E-state index in [0.29, 0.717) is 19.7 Å². The molecule has 0 aliphatic carbocycles. The van der Waals surface area contributed by atoms with Gasteiger partial charge in [-0.1, -0.05) is 0 Å². The summed E-state index contributed by atoms with van der Waals surface area (Å²) < 4.78 is 7.37. The van der Waals surface area contributed by atoms with Crippen LogP contribution in [0.3, 0.4) is 0 Å². The Morgan fingerprint density at radius 1 is 1.61 bits per heavy atom. The minimum absolute atomic E-state index is 0.0738. The molecule has 1 atom stereocenters. The van der Waals surface area contributed by atoms with Crippen molar-refractivity contribution in [3.8, 4) is 0 Å². The van der Waals surface area contributed by atoms with E-state index < -0.39 is 5.60 Å². The Balaban J connectivity index is 1.93. The van der Waals surface area contributed by atoms with Gasteiger partial charge < -0.3 is 15.0 Å². The van der Waals surface area contributed by atoms with Crippen LogP contribution in [-0.4, -0.2) is 52.9 Å². The molecule has 1 saturated heterocycles. The Kier molecular flexibility index (Phi) is 3.68. The van der Waals surface area contributed by atoms with Gasteiger partial charge in [-0.3, -0.25) is 9.48 Å². The van der Waals surface area contributed by atoms with Crippen LogP contribution in [0.15, 0.2) is 12.3 Å². The molecule has 6 heteroatoms. The summed E-state index contributed by atoms with van der Waals surface area (Å²) in [5, 5.41) is 6.97. The van der Waals surface area contributed by atoms with Crippen molar-refractivity contribution in [2.24, 2.45) is 7.05 Å². The van der Waals surface area contributed by atoms with Crippen LogP contribution in [0.2, 0.25) is 0 Å². The number of morpholine rings is 1. The topological polar surface area (TPSA) is 59.4 Å². The predicted molar refractivity (Wildman–Crippen MR) is 66.9 cm³/mol. The largest absolute Gasteiger partial charge is 0.363 e. The summed E-state index contributed by atoms with van der Waals surface area (Å²) in [6, 6.07) is 1.89. The van der Waals surface area contributed by atoms with E-state index in [0.717, 1.165) is 12.2 Å². The number of rotatable bonds is 3. The molecule has 1 amide bonds. The Morgan fingerprint density at radius 3 is 3.00 bits per heavy atom. The minimum atomic E-state index is -0.758. The smallest absolute Gasteiger partial charge is 0.253 e. The Labute approximate surface area is 107 Å². The third-order valence-corrected chi connectivity index (χ3v) is 3.30. The monoisotopic (exact) mass is 252 g/mol. The molecule has 0 radical (unpaired) electrons. The van der Waals surface area contributed by atoms with E-state index in [9.17, 15) is 4.79 Å². The summed E-state index contributed by atoms with van der Waals surface area (Å²) in [5.41, 5.74) is 0.210. The molecule has 0 saturated carbocycles. The third-order valence-electron chi connectivity index (χ3n) is 3.30. The van der Waals surface area contributed by atoms with Gasteiger partial charge in [0.2, 0.25) is 0 Å². The van der Waals surface area contributed by atoms with Gasteiger partial charge in [-0.05, 0) is 20.0 Å². The van der Waals surface area contributed by atoms with Crippen LogP contribution in [0.5, 0.6) is 0 Å². The molecule has 1 aliphatic heterocycles. The lowest BCUT2D eigenvalue weighted by atomic mass is 10.0. The molecule has 1 aliphatic rings. The van der Waals surface area contributed by atoms with Crippen LogP contribution in [0.4, 0.5) is 0 Å². The summed E-state index contributed by atoms with van der Waals surface area (Å²) in [5.74, 6) is -0.0738. The summed E-state index contributed by atoms with van der Waals surface area (Å²) in [4.78, 5) is 14.3. The molecule has 1 fully saturated rings. The SMILES string of the molecule is CN1CCO[C@@](C)(C(=O)NCc2ccnn2C)C1. The number of carbonyl (C=O) groups is 1. The van der Waals surface area contributed by atoms with Crippen LogP contribution in [-0.2, 0) is 23.1 Å². The number of amides is 1. The number of aryl methyl sites for hydroxylation is 1. The van der Waals surface area contributed by atoms with Crippen molar-refractivity contribution in [2.75, 3.05) is 26.7 Å². The molecule has 2 rings (SSSR count). The normalized spacial score (nSPS) is 25.1. The molecule has 1 N–H and O–H groups in total. The quantitative estimate of drug-likeness (QED) is 0.806. The van der Waals surface area contributed by atoms with Gasteiger partial charge in [-0.2, -0.15) is 5.10 Å². The van der Waals surface area contributed by atoms with Crippen LogP contribution in [0.25, 0.3) is 0 Å². The average Bonchev–Trinajstić information content (AvgIpc) is 2.71. The molecule has 0 aromatic carbocycles. The van der Waals surface area contributed by atoms with E-state index in [1.54, 1.807) is 10.9 Å². The fraction of sp³-hybridized carbons (Fsp3) is 0.667. The molecule has 0 spiro atoms. The number of hydrogen-bond donors (Lipinski definition) is 1. The average molecular weight is 252 g/mol. The summed E-state index contributed by atoms with van der Waals surface area (Å²) >= 11 is 0. The highest BCUT2D eigenvalue weighted by Crippen LogP contribution is 2.16. The van der Waals surface area contributed by atoms with Gasteiger partial charge in [0.25, 0.3) is 5.91 Å². The van der Waals surface area contributed by atoms with Crippen LogP contribution in [0.1, 0.15) is 12.6 Å². The summed E-state index contributed by atoms with van der Waals surface area (Å²) in [6.07, 6.45) is 1.72. The molecule has 0 bridgehead atoms. The van der Waals surface area contributed by atoms with Crippen LogP contribution < -0.4 is 5.32 Å². The first kappa shape index (κ1) is 13.0. The van der Waals surface area contributed by atoms with Gasteiger partial charge in [-0.15, -0.1) is 0 Å². The first-order valence-electron chi connectivity index (χ1n) is 6.09. The van der Waals surface area contributed by atoms with Gasteiger partial charge in [0.05, 0.1) is 18.8 Å². The van der Waals surface area contributed by atoms with Crippen molar-refractivity contribution in [3.63, 3.8) is 0 Å². The number of nitrogens with zero attached hydrogens (tertiary/aromatic N) is 3. The van der Waals surface area contributed by atoms with Crippen molar-refractivity contribution in [1.29, 1.82) is 0 Å². The van der Waals surface area contributed by atoms with Crippen molar-refractivity contribution in [1.82, 2.24) is 20.0 Å². The van der Waals surface area contributed by atoms with Crippen LogP contribution >= 0.6 is 0 Å². The maximum atomic E-state index is 12.2. The lowest BCUT2D eigenvalue weighted by Gasteiger charge is -2.37. The van der Waals surface area contributed by atoms with Crippen molar-refractivity contribution < 1.29 is 9.53 Å². The highest BCUT2D eigenvalue weighted by Gasteiger charge is 2.37. The second-order valence-electron chi connectivity index (χ2n) is 4.95. The second-order valence-corrected chi connectivity index (χ2v) is 4.95. The van der Waals surface area contributed by atoms with Crippen molar-refractivity contribution in [3.05, 3.63) is 18.0 Å². The van der Waals surface area contributed by atoms with E-state index in [4.69, 9.17) is 4.74 Å². The van der Waals surface area contributed by atoms with E-state index in [1.807, 2.05) is 27.1 Å². The maximum absolute atomic E-state index is 12.2. The Bertz CT molecular complexity index is 431. The molecule has 0 unspecified atom stereocenters. The maximum Gasteiger partial charge on any atom is 0.253 e. The molecular formula is C12H20N4O2. The van der Waals surface area contributed by atoms with Gasteiger partial charge >= 0.3 is 0 Å². The lowest BCUT2D eigenvalue weighted by Crippen LogP contribution is -2.57. The van der Waals surface area contributed by atoms with Gasteiger partial charge in [0, 0.05) is 26.3 Å². The number of aromatic nitrogens is 2. The summed E-state index contributed by atoms with van der Waals surface area (Å²) in [7, 11) is 3.85. The number of nitrogens with one attached hydrogen (secondary N) is 1. The number of likely N-dealkylation sites (N-methyl/N-ethyl adjacent to an activating group) is 1. The van der Waals surface area contributed by atoms with E-state index in [-0.39, 0.29) is 5.91 Å². The predicted octanol–water partition coefficient (Wildman–Crippen LogP) is -0.243. The van der Waals surface area contributed by atoms with Gasteiger partial charge in [-0.25, -0.2) is 0 Å². The highest BCUT2D eigenvalue weighted by atomic mass is 16.5. The fourth-order valence-electron chi connectivity index (χ4n) is 2.14. The van der Waals surface area contributed by atoms with E-state index >= 15 is 0 Å². The zero-order valence-corrected chi connectivity index (χ0v) is 11.1. The Hall–Kier alpha value is -1.40. The molecule has 100 valence electrons. The number of ether oxygens (including phenoxy) is 1. The standard InChI is InChI=1S/C12H20N4O2/c1-12(9-15(2)6-7-18-12)11(17)13-8-10-4-5-14-16(10)3/h4-5H,6-9H2,1-3H3,(H,13,17)/t12-/m1/s1. The molecule has 6 nitrogen and oxygen atoms in total. The lowest BCUT2D eigenvalue weighted by molar-refractivity contribution is -0.155. The van der Waals surface area contributed by atoms with E-state index in [1.165, 1.54) is 0 Å². The molecule has 18 heavy (non-hydrogen) atoms. The highest BCUT2D eigenvalue weighted by molar-refractivity contribution is 5.85.